The lowest BCUT2D eigenvalue weighted by molar-refractivity contribution is -0.126. The topological polar surface area (TPSA) is 66.5 Å². The summed E-state index contributed by atoms with van der Waals surface area (Å²) in [6.07, 6.45) is 3.52. The summed E-state index contributed by atoms with van der Waals surface area (Å²) in [6.45, 7) is 4.96. The summed E-state index contributed by atoms with van der Waals surface area (Å²) in [6, 6.07) is 18.2. The monoisotopic (exact) mass is 442 g/mol. The van der Waals surface area contributed by atoms with Gasteiger partial charge >= 0.3 is 0 Å². The van der Waals surface area contributed by atoms with Crippen LogP contribution in [0.5, 0.6) is 0 Å². The Kier molecular flexibility index (Phi) is 8.27. The van der Waals surface area contributed by atoms with E-state index in [2.05, 4.69) is 36.5 Å². The van der Waals surface area contributed by atoms with Crippen molar-refractivity contribution in [2.45, 2.75) is 52.0 Å². The first-order valence-corrected chi connectivity index (χ1v) is 12.9. The Hall–Kier alpha value is -2.18. The van der Waals surface area contributed by atoms with Gasteiger partial charge in [0, 0.05) is 19.0 Å². The molecule has 0 radical (unpaired) electrons. The van der Waals surface area contributed by atoms with E-state index in [9.17, 15) is 13.2 Å². The Balaban J connectivity index is 1.44. The van der Waals surface area contributed by atoms with Gasteiger partial charge in [-0.25, -0.2) is 12.7 Å². The molecule has 0 aromatic heterocycles. The first-order chi connectivity index (χ1) is 14.9. The molecule has 0 bridgehead atoms. The Morgan fingerprint density at radius 2 is 1.68 bits per heavy atom. The fraction of sp³-hybridized carbons (Fsp3) is 0.480. The van der Waals surface area contributed by atoms with E-state index in [1.54, 1.807) is 4.31 Å². The van der Waals surface area contributed by atoms with E-state index in [1.807, 2.05) is 37.3 Å². The van der Waals surface area contributed by atoms with Crippen LogP contribution in [0.4, 0.5) is 0 Å². The lowest BCUT2D eigenvalue weighted by atomic mass is 9.96. The molecule has 1 fully saturated rings. The van der Waals surface area contributed by atoms with Crippen LogP contribution < -0.4 is 5.32 Å². The fourth-order valence-corrected chi connectivity index (χ4v) is 5.62. The van der Waals surface area contributed by atoms with Crippen LogP contribution in [0.2, 0.25) is 0 Å². The number of piperidine rings is 1. The van der Waals surface area contributed by atoms with Crippen LogP contribution >= 0.6 is 0 Å². The molecule has 0 saturated carbocycles. The van der Waals surface area contributed by atoms with Gasteiger partial charge in [-0.2, -0.15) is 0 Å². The number of carbonyl (C=O) groups excluding carboxylic acids is 1. The summed E-state index contributed by atoms with van der Waals surface area (Å²) in [5, 5.41) is 3.10. The summed E-state index contributed by atoms with van der Waals surface area (Å²) in [7, 11) is -3.27. The Morgan fingerprint density at radius 3 is 2.29 bits per heavy atom. The molecular formula is C25H34N2O3S. The zero-order valence-electron chi connectivity index (χ0n) is 18.6. The maximum atomic E-state index is 12.7. The second-order valence-electron chi connectivity index (χ2n) is 8.40. The number of aryl methyl sites for hydroxylation is 2. The molecule has 31 heavy (non-hydrogen) atoms. The first-order valence-electron chi connectivity index (χ1n) is 11.3. The van der Waals surface area contributed by atoms with Crippen LogP contribution in [0.25, 0.3) is 0 Å². The predicted octanol–water partition coefficient (Wildman–Crippen LogP) is 4.10. The third-order valence-electron chi connectivity index (χ3n) is 6.18. The standard InChI is InChI=1S/C25H34N2O3S/c1-3-21-11-13-23(14-12-21)20(2)26-25(28)24-15-17-27(18-16-24)31(29,30)19-7-10-22-8-5-4-6-9-22/h4-6,8-9,11-14,20,24H,3,7,10,15-19H2,1-2H3,(H,26,28). The minimum atomic E-state index is -3.27. The van der Waals surface area contributed by atoms with Gasteiger partial charge in [0.25, 0.3) is 0 Å². The van der Waals surface area contributed by atoms with E-state index in [4.69, 9.17) is 0 Å². The van der Waals surface area contributed by atoms with E-state index in [1.165, 1.54) is 5.56 Å². The van der Waals surface area contributed by atoms with Crippen LogP contribution in [-0.4, -0.2) is 37.5 Å². The van der Waals surface area contributed by atoms with Crippen LogP contribution in [0.1, 0.15) is 55.8 Å². The number of hydrogen-bond acceptors (Lipinski definition) is 3. The van der Waals surface area contributed by atoms with Crippen molar-refractivity contribution in [2.75, 3.05) is 18.8 Å². The Bertz CT molecular complexity index is 934. The number of nitrogens with zero attached hydrogens (tertiary/aromatic N) is 1. The highest BCUT2D eigenvalue weighted by Gasteiger charge is 2.31. The molecule has 1 aliphatic heterocycles. The minimum absolute atomic E-state index is 0.0215. The first kappa shape index (κ1) is 23.5. The highest BCUT2D eigenvalue weighted by molar-refractivity contribution is 7.89. The summed E-state index contributed by atoms with van der Waals surface area (Å²) in [4.78, 5) is 12.7. The summed E-state index contributed by atoms with van der Waals surface area (Å²) in [5.41, 5.74) is 3.52. The van der Waals surface area contributed by atoms with Gasteiger partial charge in [0.15, 0.2) is 0 Å². The van der Waals surface area contributed by atoms with E-state index in [0.717, 1.165) is 24.0 Å². The molecule has 0 aliphatic carbocycles. The molecule has 3 rings (SSSR count). The molecule has 5 nitrogen and oxygen atoms in total. The molecule has 0 spiro atoms. The second-order valence-corrected chi connectivity index (χ2v) is 10.5. The zero-order chi connectivity index (χ0) is 22.3. The van der Waals surface area contributed by atoms with Crippen molar-refractivity contribution in [1.82, 2.24) is 9.62 Å². The summed E-state index contributed by atoms with van der Waals surface area (Å²) >= 11 is 0. The SMILES string of the molecule is CCc1ccc(C(C)NC(=O)C2CCN(S(=O)(=O)CCCc3ccccc3)CC2)cc1. The smallest absolute Gasteiger partial charge is 0.223 e. The van der Waals surface area contributed by atoms with Crippen LogP contribution in [0.3, 0.4) is 0 Å². The highest BCUT2D eigenvalue weighted by atomic mass is 32.2. The van der Waals surface area contributed by atoms with Crippen molar-refractivity contribution in [1.29, 1.82) is 0 Å². The molecule has 1 atom stereocenters. The zero-order valence-corrected chi connectivity index (χ0v) is 19.4. The molecule has 6 heteroatoms. The molecule has 2 aromatic rings. The predicted molar refractivity (Wildman–Crippen MR) is 125 cm³/mol. The Morgan fingerprint density at radius 1 is 1.03 bits per heavy atom. The van der Waals surface area contributed by atoms with Gasteiger partial charge in [-0.3, -0.25) is 4.79 Å². The van der Waals surface area contributed by atoms with E-state index in [0.29, 0.717) is 32.4 Å². The van der Waals surface area contributed by atoms with Crippen molar-refractivity contribution < 1.29 is 13.2 Å². The molecule has 1 N–H and O–H groups in total. The van der Waals surface area contributed by atoms with Crippen LogP contribution in [-0.2, 0) is 27.7 Å². The number of carbonyl (C=O) groups is 1. The largest absolute Gasteiger partial charge is 0.349 e. The van der Waals surface area contributed by atoms with Gasteiger partial charge in [0.2, 0.25) is 15.9 Å². The summed E-state index contributed by atoms with van der Waals surface area (Å²) < 4.78 is 26.9. The van der Waals surface area contributed by atoms with Crippen molar-refractivity contribution in [2.24, 2.45) is 5.92 Å². The van der Waals surface area contributed by atoms with Crippen molar-refractivity contribution in [3.05, 3.63) is 71.3 Å². The number of amides is 1. The van der Waals surface area contributed by atoms with Crippen molar-refractivity contribution in [3.8, 4) is 0 Å². The Labute approximate surface area is 186 Å². The number of nitrogens with one attached hydrogen (secondary N) is 1. The average Bonchev–Trinajstić information content (AvgIpc) is 2.79. The molecule has 168 valence electrons. The minimum Gasteiger partial charge on any atom is -0.349 e. The summed E-state index contributed by atoms with van der Waals surface area (Å²) in [5.74, 6) is 0.0464. The maximum absolute atomic E-state index is 12.7. The third kappa shape index (κ3) is 6.65. The van der Waals surface area contributed by atoms with E-state index < -0.39 is 10.0 Å². The lowest BCUT2D eigenvalue weighted by Gasteiger charge is -2.31. The molecule has 1 amide bonds. The number of sulfonamides is 1. The molecule has 2 aromatic carbocycles. The van der Waals surface area contributed by atoms with Crippen LogP contribution in [0, 0.1) is 5.92 Å². The second kappa shape index (κ2) is 10.9. The van der Waals surface area contributed by atoms with Gasteiger partial charge in [0.05, 0.1) is 11.8 Å². The number of rotatable bonds is 9. The van der Waals surface area contributed by atoms with Gasteiger partial charge < -0.3 is 5.32 Å². The molecule has 1 unspecified atom stereocenters. The van der Waals surface area contributed by atoms with Gasteiger partial charge in [-0.05, 0) is 55.7 Å². The van der Waals surface area contributed by atoms with Crippen molar-refractivity contribution in [3.63, 3.8) is 0 Å². The highest BCUT2D eigenvalue weighted by Crippen LogP contribution is 2.22. The number of hydrogen-bond donors (Lipinski definition) is 1. The van der Waals surface area contributed by atoms with Crippen molar-refractivity contribution >= 4 is 15.9 Å². The average molecular weight is 443 g/mol. The van der Waals surface area contributed by atoms with E-state index >= 15 is 0 Å². The maximum Gasteiger partial charge on any atom is 0.223 e. The van der Waals surface area contributed by atoms with Gasteiger partial charge in [-0.15, -0.1) is 0 Å². The van der Waals surface area contributed by atoms with E-state index in [-0.39, 0.29) is 23.6 Å². The fourth-order valence-electron chi connectivity index (χ4n) is 4.09. The quantitative estimate of drug-likeness (QED) is 0.636. The van der Waals surface area contributed by atoms with Gasteiger partial charge in [-0.1, -0.05) is 61.5 Å². The lowest BCUT2D eigenvalue weighted by Crippen LogP contribution is -2.44. The normalized spacial score (nSPS) is 16.7. The molecule has 1 aliphatic rings. The molecule has 1 saturated heterocycles. The van der Waals surface area contributed by atoms with Gasteiger partial charge in [0.1, 0.15) is 0 Å². The third-order valence-corrected chi connectivity index (χ3v) is 8.13. The molecular weight excluding hydrogens is 408 g/mol. The van der Waals surface area contributed by atoms with Crippen LogP contribution in [0.15, 0.2) is 54.6 Å². The molecule has 1 heterocycles. The number of benzene rings is 2.